The Balaban J connectivity index is 2.08. The molecule has 4 heteroatoms. The zero-order valence-electron chi connectivity index (χ0n) is 10.4. The van der Waals surface area contributed by atoms with Gasteiger partial charge in [0.15, 0.2) is 5.58 Å². The molecule has 3 rings (SSSR count). The maximum absolute atomic E-state index is 10.4. The number of anilines is 1. The van der Waals surface area contributed by atoms with E-state index in [-0.39, 0.29) is 0 Å². The van der Waals surface area contributed by atoms with E-state index in [1.165, 1.54) is 0 Å². The zero-order chi connectivity index (χ0) is 13.2. The van der Waals surface area contributed by atoms with E-state index in [0.29, 0.717) is 23.6 Å². The number of nitrogens with zero attached hydrogens (tertiary/aromatic N) is 1. The standard InChI is InChI=1S/C15H12N2O2/c1-10-3-2-4-11(7-10)15-17-13-6-5-12(16-9-18)8-14(13)19-15/h2-9H,1H3,(H,16,18). The lowest BCUT2D eigenvalue weighted by Crippen LogP contribution is -1.92. The van der Waals surface area contributed by atoms with Gasteiger partial charge < -0.3 is 9.73 Å². The van der Waals surface area contributed by atoms with E-state index in [1.807, 2.05) is 37.3 Å². The summed E-state index contributed by atoms with van der Waals surface area (Å²) in [4.78, 5) is 14.9. The molecule has 2 aromatic carbocycles. The molecule has 1 N–H and O–H groups in total. The molecule has 0 saturated heterocycles. The van der Waals surface area contributed by atoms with Crippen molar-refractivity contribution in [3.8, 4) is 11.5 Å². The highest BCUT2D eigenvalue weighted by Gasteiger charge is 2.08. The third kappa shape index (κ3) is 2.20. The van der Waals surface area contributed by atoms with Crippen LogP contribution in [0.4, 0.5) is 5.69 Å². The average Bonchev–Trinajstić information content (AvgIpc) is 2.82. The summed E-state index contributed by atoms with van der Waals surface area (Å²) < 4.78 is 5.73. The summed E-state index contributed by atoms with van der Waals surface area (Å²) in [6.45, 7) is 2.03. The molecule has 1 heterocycles. The van der Waals surface area contributed by atoms with Crippen molar-refractivity contribution in [2.75, 3.05) is 5.32 Å². The van der Waals surface area contributed by atoms with Gasteiger partial charge in [-0.2, -0.15) is 0 Å². The topological polar surface area (TPSA) is 55.1 Å². The molecule has 1 aromatic heterocycles. The Morgan fingerprint density at radius 2 is 2.11 bits per heavy atom. The molecule has 0 aliphatic heterocycles. The van der Waals surface area contributed by atoms with E-state index in [9.17, 15) is 4.79 Å². The van der Waals surface area contributed by atoms with Gasteiger partial charge in [0.25, 0.3) is 0 Å². The lowest BCUT2D eigenvalue weighted by molar-refractivity contribution is -0.105. The predicted octanol–water partition coefficient (Wildman–Crippen LogP) is 3.37. The molecule has 1 amide bonds. The average molecular weight is 252 g/mol. The molecule has 0 atom stereocenters. The van der Waals surface area contributed by atoms with Crippen LogP contribution in [0.1, 0.15) is 5.56 Å². The Hall–Kier alpha value is -2.62. The monoisotopic (exact) mass is 252 g/mol. The number of rotatable bonds is 3. The Morgan fingerprint density at radius 1 is 1.21 bits per heavy atom. The number of nitrogens with one attached hydrogen (secondary N) is 1. The molecular formula is C15H12N2O2. The zero-order valence-corrected chi connectivity index (χ0v) is 10.4. The minimum Gasteiger partial charge on any atom is -0.436 e. The molecule has 3 aromatic rings. The van der Waals surface area contributed by atoms with Crippen molar-refractivity contribution < 1.29 is 9.21 Å². The normalized spacial score (nSPS) is 10.6. The van der Waals surface area contributed by atoms with E-state index in [1.54, 1.807) is 12.1 Å². The van der Waals surface area contributed by atoms with Crippen molar-refractivity contribution in [2.45, 2.75) is 6.92 Å². The molecule has 0 aliphatic rings. The SMILES string of the molecule is Cc1cccc(-c2nc3ccc(NC=O)cc3o2)c1. The fourth-order valence-corrected chi connectivity index (χ4v) is 1.98. The Bertz CT molecular complexity index is 747. The largest absolute Gasteiger partial charge is 0.436 e. The van der Waals surface area contributed by atoms with Crippen LogP contribution < -0.4 is 5.32 Å². The predicted molar refractivity (Wildman–Crippen MR) is 73.9 cm³/mol. The van der Waals surface area contributed by atoms with Crippen LogP contribution in [0.5, 0.6) is 0 Å². The molecule has 0 radical (unpaired) electrons. The van der Waals surface area contributed by atoms with Gasteiger partial charge in [-0.25, -0.2) is 4.98 Å². The van der Waals surface area contributed by atoms with Crippen LogP contribution in [-0.4, -0.2) is 11.4 Å². The summed E-state index contributed by atoms with van der Waals surface area (Å²) in [7, 11) is 0. The van der Waals surface area contributed by atoms with E-state index in [0.717, 1.165) is 16.6 Å². The number of carbonyl (C=O) groups is 1. The number of amides is 1. The van der Waals surface area contributed by atoms with Gasteiger partial charge in [-0.1, -0.05) is 17.7 Å². The molecule has 0 fully saturated rings. The number of aromatic nitrogens is 1. The molecule has 19 heavy (non-hydrogen) atoms. The first kappa shape index (κ1) is 11.5. The van der Waals surface area contributed by atoms with Crippen LogP contribution in [-0.2, 0) is 4.79 Å². The van der Waals surface area contributed by atoms with Crippen molar-refractivity contribution in [1.29, 1.82) is 0 Å². The number of hydrogen-bond acceptors (Lipinski definition) is 3. The van der Waals surface area contributed by atoms with Crippen LogP contribution in [0.3, 0.4) is 0 Å². The van der Waals surface area contributed by atoms with Gasteiger partial charge in [0.1, 0.15) is 5.52 Å². The maximum atomic E-state index is 10.4. The smallest absolute Gasteiger partial charge is 0.227 e. The number of aryl methyl sites for hydroxylation is 1. The van der Waals surface area contributed by atoms with Gasteiger partial charge >= 0.3 is 0 Å². The first-order chi connectivity index (χ1) is 9.26. The molecule has 0 bridgehead atoms. The summed E-state index contributed by atoms with van der Waals surface area (Å²) >= 11 is 0. The van der Waals surface area contributed by atoms with Gasteiger partial charge in [-0.15, -0.1) is 0 Å². The summed E-state index contributed by atoms with van der Waals surface area (Å²) in [5.74, 6) is 0.585. The van der Waals surface area contributed by atoms with E-state index < -0.39 is 0 Å². The van der Waals surface area contributed by atoms with E-state index in [4.69, 9.17) is 4.42 Å². The quantitative estimate of drug-likeness (QED) is 0.727. The summed E-state index contributed by atoms with van der Waals surface area (Å²) in [5.41, 5.74) is 4.22. The second-order valence-electron chi connectivity index (χ2n) is 4.33. The van der Waals surface area contributed by atoms with E-state index in [2.05, 4.69) is 10.3 Å². The number of fused-ring (bicyclic) bond motifs is 1. The minimum absolute atomic E-state index is 0.585. The van der Waals surface area contributed by atoms with Gasteiger partial charge in [-0.3, -0.25) is 4.79 Å². The molecular weight excluding hydrogens is 240 g/mol. The molecule has 94 valence electrons. The lowest BCUT2D eigenvalue weighted by Gasteiger charge is -1.96. The molecule has 0 aliphatic carbocycles. The second-order valence-corrected chi connectivity index (χ2v) is 4.33. The number of carbonyl (C=O) groups excluding carboxylic acids is 1. The highest BCUT2D eigenvalue weighted by molar-refractivity contribution is 5.83. The Kier molecular flexibility index (Phi) is 2.76. The molecule has 0 unspecified atom stereocenters. The minimum atomic E-state index is 0.585. The van der Waals surface area contributed by atoms with Gasteiger partial charge in [0, 0.05) is 17.3 Å². The Labute approximate surface area is 110 Å². The van der Waals surface area contributed by atoms with Gasteiger partial charge in [0.2, 0.25) is 12.3 Å². The first-order valence-corrected chi connectivity index (χ1v) is 5.94. The van der Waals surface area contributed by atoms with Crippen LogP contribution in [0.25, 0.3) is 22.6 Å². The summed E-state index contributed by atoms with van der Waals surface area (Å²) in [5, 5.41) is 2.59. The second kappa shape index (κ2) is 4.57. The highest BCUT2D eigenvalue weighted by Crippen LogP contribution is 2.26. The van der Waals surface area contributed by atoms with Crippen LogP contribution in [0, 0.1) is 6.92 Å². The first-order valence-electron chi connectivity index (χ1n) is 5.94. The molecule has 0 saturated carbocycles. The van der Waals surface area contributed by atoms with Gasteiger partial charge in [-0.05, 0) is 31.2 Å². The van der Waals surface area contributed by atoms with Crippen molar-refractivity contribution in [2.24, 2.45) is 0 Å². The summed E-state index contributed by atoms with van der Waals surface area (Å²) in [6.07, 6.45) is 0.638. The third-order valence-electron chi connectivity index (χ3n) is 2.88. The van der Waals surface area contributed by atoms with Gasteiger partial charge in [0.05, 0.1) is 0 Å². The van der Waals surface area contributed by atoms with Crippen molar-refractivity contribution in [3.05, 3.63) is 48.0 Å². The van der Waals surface area contributed by atoms with Crippen LogP contribution >= 0.6 is 0 Å². The van der Waals surface area contributed by atoms with Crippen molar-refractivity contribution >= 4 is 23.2 Å². The maximum Gasteiger partial charge on any atom is 0.227 e. The lowest BCUT2D eigenvalue weighted by atomic mass is 10.1. The van der Waals surface area contributed by atoms with Crippen molar-refractivity contribution in [3.63, 3.8) is 0 Å². The Morgan fingerprint density at radius 3 is 2.89 bits per heavy atom. The molecule has 0 spiro atoms. The van der Waals surface area contributed by atoms with E-state index >= 15 is 0 Å². The highest BCUT2D eigenvalue weighted by atomic mass is 16.3. The fourth-order valence-electron chi connectivity index (χ4n) is 1.98. The van der Waals surface area contributed by atoms with Crippen LogP contribution in [0.2, 0.25) is 0 Å². The third-order valence-corrected chi connectivity index (χ3v) is 2.88. The van der Waals surface area contributed by atoms with Crippen molar-refractivity contribution in [1.82, 2.24) is 4.98 Å². The number of benzene rings is 2. The number of oxazole rings is 1. The fraction of sp³-hybridized carbons (Fsp3) is 0.0667. The summed E-state index contributed by atoms with van der Waals surface area (Å²) in [6, 6.07) is 13.4. The number of hydrogen-bond donors (Lipinski definition) is 1. The molecule has 4 nitrogen and oxygen atoms in total. The van der Waals surface area contributed by atoms with Crippen LogP contribution in [0.15, 0.2) is 46.9 Å².